The summed E-state index contributed by atoms with van der Waals surface area (Å²) in [5.41, 5.74) is 10.5. The monoisotopic (exact) mass is 795 g/mol. The van der Waals surface area contributed by atoms with Crippen molar-refractivity contribution in [3.05, 3.63) is 139 Å². The van der Waals surface area contributed by atoms with E-state index in [0.717, 1.165) is 55.6 Å². The molecule has 4 aromatic carbocycles. The summed E-state index contributed by atoms with van der Waals surface area (Å²) >= 11 is 0. The Balaban J connectivity index is 0.000000200. The maximum absolute atomic E-state index is 6.33. The first-order valence-electron chi connectivity index (χ1n) is 15.5. The van der Waals surface area contributed by atoms with Crippen LogP contribution in [-0.4, -0.2) is 18.0 Å². The van der Waals surface area contributed by atoms with Crippen molar-refractivity contribution in [2.45, 2.75) is 46.3 Å². The van der Waals surface area contributed by atoms with E-state index in [1.807, 2.05) is 42.6 Å². The summed E-state index contributed by atoms with van der Waals surface area (Å²) in [5.74, 6) is 0.441. The summed E-state index contributed by atoms with van der Waals surface area (Å²) in [6.07, 6.45) is 3.93. The van der Waals surface area contributed by atoms with E-state index in [1.165, 1.54) is 16.3 Å². The molecule has 0 bridgehead atoms. The minimum Gasteiger partial charge on any atom is -0.501 e. The van der Waals surface area contributed by atoms with Gasteiger partial charge >= 0.3 is 0 Å². The molecule has 0 unspecified atom stereocenters. The number of furan rings is 1. The average molecular weight is 795 g/mol. The summed E-state index contributed by atoms with van der Waals surface area (Å²) < 4.78 is 6.33. The van der Waals surface area contributed by atoms with Crippen LogP contribution >= 0.6 is 0 Å². The van der Waals surface area contributed by atoms with Gasteiger partial charge in [-0.3, -0.25) is 0 Å². The zero-order chi connectivity index (χ0) is 31.6. The van der Waals surface area contributed by atoms with Gasteiger partial charge in [-0.2, -0.15) is 0 Å². The van der Waals surface area contributed by atoms with E-state index in [1.54, 1.807) is 0 Å². The molecule has 7 aromatic rings. The molecule has 0 N–H and O–H groups in total. The molecule has 0 aliphatic rings. The fourth-order valence-corrected chi connectivity index (χ4v) is 7.50. The molecule has 0 aliphatic heterocycles. The molecule has 0 aliphatic carbocycles. The Labute approximate surface area is 287 Å². The number of aromatic nitrogens is 2. The van der Waals surface area contributed by atoms with Crippen LogP contribution in [0.4, 0.5) is 0 Å². The number of hydrogen-bond donors (Lipinski definition) is 0. The Hall–Kier alpha value is -4.15. The molecule has 0 spiro atoms. The minimum absolute atomic E-state index is 0. The zero-order valence-electron chi connectivity index (χ0n) is 27.2. The van der Waals surface area contributed by atoms with Gasteiger partial charge < -0.3 is 14.4 Å². The molecule has 0 saturated carbocycles. The number of nitrogens with zero attached hydrogens (tertiary/aromatic N) is 2. The van der Waals surface area contributed by atoms with Crippen LogP contribution in [0.2, 0.25) is 19.6 Å². The van der Waals surface area contributed by atoms with Gasteiger partial charge in [-0.1, -0.05) is 122 Å². The minimum atomic E-state index is -1.27. The molecule has 3 aromatic heterocycles. The molecule has 3 heterocycles. The number of benzene rings is 4. The Bertz CT molecular complexity index is 2080. The smallest absolute Gasteiger partial charge is 0.120 e. The van der Waals surface area contributed by atoms with Crippen LogP contribution < -0.4 is 5.19 Å². The quantitative estimate of drug-likeness (QED) is 0.129. The van der Waals surface area contributed by atoms with E-state index in [0.29, 0.717) is 5.92 Å². The summed E-state index contributed by atoms with van der Waals surface area (Å²) in [6, 6.07) is 41.7. The van der Waals surface area contributed by atoms with Gasteiger partial charge in [0.25, 0.3) is 0 Å². The van der Waals surface area contributed by atoms with Gasteiger partial charge in [-0.05, 0) is 46.9 Å². The molecule has 5 heteroatoms. The summed E-state index contributed by atoms with van der Waals surface area (Å²) in [4.78, 5) is 9.20. The molecule has 46 heavy (non-hydrogen) atoms. The number of para-hydroxylation sites is 1. The third-order valence-corrected chi connectivity index (χ3v) is 10.3. The standard InChI is InChI=1S/C26H20NO.C15H18NSi.Ir/c1-17(2)19-14-15-27-23(16-19)21-13-12-20(18-8-4-3-5-9-18)25-22-10-6-7-11-24(22)28-26(21)25;1-12-10-14(13-8-6-5-7-9-13)16-11-15(12)17(2,3)4;/h3-12,14-17H,1-2H3;5-8,10-11H,1-4H3;/q2*-1;. The second kappa shape index (κ2) is 14.1. The van der Waals surface area contributed by atoms with Crippen molar-refractivity contribution in [3.63, 3.8) is 0 Å². The van der Waals surface area contributed by atoms with Gasteiger partial charge in [0.05, 0.1) is 13.7 Å². The van der Waals surface area contributed by atoms with Crippen molar-refractivity contribution in [2.75, 3.05) is 0 Å². The first-order valence-corrected chi connectivity index (χ1v) is 19.0. The van der Waals surface area contributed by atoms with Gasteiger partial charge in [0.15, 0.2) is 0 Å². The van der Waals surface area contributed by atoms with E-state index in [-0.39, 0.29) is 20.1 Å². The van der Waals surface area contributed by atoms with Crippen LogP contribution in [0.15, 0.2) is 120 Å². The molecule has 0 amide bonds. The van der Waals surface area contributed by atoms with Gasteiger partial charge in [0.1, 0.15) is 5.58 Å². The van der Waals surface area contributed by atoms with Crippen LogP contribution in [0, 0.1) is 19.1 Å². The molecular weight excluding hydrogens is 757 g/mol. The summed E-state index contributed by atoms with van der Waals surface area (Å²) in [7, 11) is -1.27. The SMILES string of the molecule is CC(C)c1ccnc(-c2[c-]cc(-c3ccccc3)c3c2oc2ccccc23)c1.Cc1cc(-c2[c-]cccc2)ncc1[Si](C)(C)C.[Ir]. The number of fused-ring (bicyclic) bond motifs is 3. The van der Waals surface area contributed by atoms with E-state index >= 15 is 0 Å². The van der Waals surface area contributed by atoms with Crippen molar-refractivity contribution < 1.29 is 24.5 Å². The molecule has 3 nitrogen and oxygen atoms in total. The second-order valence-electron chi connectivity index (χ2n) is 12.8. The maximum Gasteiger partial charge on any atom is 0.120 e. The fraction of sp³-hybridized carbons (Fsp3) is 0.171. The predicted octanol–water partition coefficient (Wildman–Crippen LogP) is 10.6. The van der Waals surface area contributed by atoms with Crippen molar-refractivity contribution in [3.8, 4) is 33.6 Å². The van der Waals surface area contributed by atoms with Gasteiger partial charge in [-0.25, -0.2) is 0 Å². The van der Waals surface area contributed by atoms with E-state index in [9.17, 15) is 0 Å². The van der Waals surface area contributed by atoms with E-state index < -0.39 is 8.07 Å². The molecule has 0 fully saturated rings. The predicted molar refractivity (Wildman–Crippen MR) is 192 cm³/mol. The third kappa shape index (κ3) is 6.98. The summed E-state index contributed by atoms with van der Waals surface area (Å²) in [5, 5.41) is 3.68. The molecule has 1 radical (unpaired) electrons. The van der Waals surface area contributed by atoms with E-state index in [4.69, 9.17) is 4.42 Å². The van der Waals surface area contributed by atoms with Crippen molar-refractivity contribution in [2.24, 2.45) is 0 Å². The van der Waals surface area contributed by atoms with Crippen LogP contribution in [0.3, 0.4) is 0 Å². The normalized spacial score (nSPS) is 11.3. The molecule has 233 valence electrons. The number of hydrogen-bond acceptors (Lipinski definition) is 3. The van der Waals surface area contributed by atoms with Crippen LogP contribution in [0.1, 0.15) is 30.9 Å². The topological polar surface area (TPSA) is 38.9 Å². The first kappa shape index (κ1) is 33.2. The molecular formula is C41H38IrN2OSi-2. The van der Waals surface area contributed by atoms with Crippen molar-refractivity contribution in [1.29, 1.82) is 0 Å². The number of rotatable bonds is 5. The van der Waals surface area contributed by atoms with Crippen LogP contribution in [0.5, 0.6) is 0 Å². The number of aryl methyl sites for hydroxylation is 1. The fourth-order valence-electron chi connectivity index (χ4n) is 5.79. The Morgan fingerprint density at radius 1 is 0.783 bits per heavy atom. The molecule has 7 rings (SSSR count). The van der Waals surface area contributed by atoms with E-state index in [2.05, 4.69) is 135 Å². The Morgan fingerprint density at radius 3 is 2.22 bits per heavy atom. The van der Waals surface area contributed by atoms with Gasteiger partial charge in [-0.15, -0.1) is 48.0 Å². The number of pyridine rings is 2. The summed E-state index contributed by atoms with van der Waals surface area (Å²) in [6.45, 7) is 13.6. The van der Waals surface area contributed by atoms with Crippen molar-refractivity contribution >= 4 is 35.2 Å². The average Bonchev–Trinajstić information content (AvgIpc) is 3.45. The largest absolute Gasteiger partial charge is 0.501 e. The van der Waals surface area contributed by atoms with Crippen LogP contribution in [0.25, 0.3) is 55.6 Å². The van der Waals surface area contributed by atoms with Crippen molar-refractivity contribution in [1.82, 2.24) is 9.97 Å². The Morgan fingerprint density at radius 2 is 1.52 bits per heavy atom. The second-order valence-corrected chi connectivity index (χ2v) is 17.8. The first-order chi connectivity index (χ1) is 21.7. The zero-order valence-corrected chi connectivity index (χ0v) is 30.6. The molecule has 0 atom stereocenters. The van der Waals surface area contributed by atoms with Gasteiger partial charge in [0.2, 0.25) is 0 Å². The third-order valence-electron chi connectivity index (χ3n) is 8.15. The molecule has 0 saturated heterocycles. The van der Waals surface area contributed by atoms with Gasteiger partial charge in [0, 0.05) is 37.9 Å². The maximum atomic E-state index is 6.33. The Kier molecular flexibility index (Phi) is 10.2. The van der Waals surface area contributed by atoms with Crippen LogP contribution in [-0.2, 0) is 20.1 Å².